The number of rotatable bonds is 4. The van der Waals surface area contributed by atoms with Crippen molar-refractivity contribution in [1.29, 1.82) is 0 Å². The molecule has 0 unspecified atom stereocenters. The highest BCUT2D eigenvalue weighted by Gasteiger charge is 2.50. The average molecular weight is 444 g/mol. The molecule has 0 spiro atoms. The van der Waals surface area contributed by atoms with Gasteiger partial charge in [0, 0.05) is 22.1 Å². The van der Waals surface area contributed by atoms with E-state index in [1.807, 2.05) is 40.7 Å². The number of hydrogen-bond donors (Lipinski definition) is 1. The van der Waals surface area contributed by atoms with Crippen molar-refractivity contribution in [3.05, 3.63) is 61.6 Å². The maximum Gasteiger partial charge on any atom is 0.264 e. The number of anilines is 1. The lowest BCUT2D eigenvalue weighted by Crippen LogP contribution is -2.42. The Labute approximate surface area is 174 Å². The molecule has 1 N–H and O–H groups in total. The average Bonchev–Trinajstić information content (AvgIpc) is 2.85. The molecule has 1 amide bonds. The van der Waals surface area contributed by atoms with Crippen LogP contribution in [-0.2, 0) is 10.4 Å². The predicted octanol–water partition coefficient (Wildman–Crippen LogP) is 4.82. The van der Waals surface area contributed by atoms with Crippen LogP contribution in [-0.4, -0.2) is 23.3 Å². The molecule has 2 aromatic carbocycles. The molecule has 1 atom stereocenters. The van der Waals surface area contributed by atoms with Gasteiger partial charge in [0.15, 0.2) is 11.4 Å². The Hall–Kier alpha value is -1.98. The highest BCUT2D eigenvalue weighted by Crippen LogP contribution is 2.44. The van der Waals surface area contributed by atoms with Gasteiger partial charge in [0.05, 0.1) is 12.1 Å². The third kappa shape index (κ3) is 2.92. The van der Waals surface area contributed by atoms with E-state index < -0.39 is 11.5 Å². The summed E-state index contributed by atoms with van der Waals surface area (Å²) in [5.74, 6) is -0.645. The van der Waals surface area contributed by atoms with E-state index in [1.165, 1.54) is 5.56 Å². The first-order valence-corrected chi connectivity index (χ1v) is 10.3. The molecule has 0 bridgehead atoms. The maximum atomic E-state index is 13.4. The van der Waals surface area contributed by atoms with Gasteiger partial charge in [-0.25, -0.2) is 0 Å². The summed E-state index contributed by atoms with van der Waals surface area (Å²) >= 11 is 3.41. The molecule has 1 aliphatic rings. The second-order valence-electron chi connectivity index (χ2n) is 7.67. The van der Waals surface area contributed by atoms with Gasteiger partial charge in [-0.2, -0.15) is 0 Å². The van der Waals surface area contributed by atoms with E-state index in [4.69, 9.17) is 0 Å². The van der Waals surface area contributed by atoms with Gasteiger partial charge in [-0.05, 0) is 87.6 Å². The third-order valence-corrected chi connectivity index (χ3v) is 6.80. The Kier molecular flexibility index (Phi) is 5.28. The van der Waals surface area contributed by atoms with Crippen LogP contribution in [0.1, 0.15) is 57.1 Å². The predicted molar refractivity (Wildman–Crippen MR) is 115 cm³/mol. The van der Waals surface area contributed by atoms with Crippen LogP contribution in [0.5, 0.6) is 0 Å². The standard InChI is InChI=1S/C23H26BrNO3/c1-7-25-19-9-8-17(24)10-18(19)23(28,22(25)27)11-20(26)21-15(5)13(3)12(2)14(4)16(21)6/h8-10,28H,7,11H2,1-6H3/t23-/m1/s1. The summed E-state index contributed by atoms with van der Waals surface area (Å²) in [5, 5.41) is 11.4. The summed E-state index contributed by atoms with van der Waals surface area (Å²) in [7, 11) is 0. The Morgan fingerprint density at radius 2 is 1.57 bits per heavy atom. The fourth-order valence-electron chi connectivity index (χ4n) is 4.25. The minimum atomic E-state index is -1.85. The Morgan fingerprint density at radius 3 is 2.11 bits per heavy atom. The molecule has 0 aliphatic carbocycles. The van der Waals surface area contributed by atoms with Crippen LogP contribution in [0.25, 0.3) is 0 Å². The third-order valence-electron chi connectivity index (χ3n) is 6.31. The van der Waals surface area contributed by atoms with Crippen molar-refractivity contribution in [2.24, 2.45) is 0 Å². The maximum absolute atomic E-state index is 13.4. The quantitative estimate of drug-likeness (QED) is 0.689. The number of fused-ring (bicyclic) bond motifs is 1. The summed E-state index contributed by atoms with van der Waals surface area (Å²) in [6.45, 7) is 12.2. The van der Waals surface area contributed by atoms with Crippen molar-refractivity contribution in [1.82, 2.24) is 0 Å². The van der Waals surface area contributed by atoms with Gasteiger partial charge in [-0.1, -0.05) is 15.9 Å². The minimum absolute atomic E-state index is 0.207. The van der Waals surface area contributed by atoms with E-state index in [1.54, 1.807) is 17.0 Å². The minimum Gasteiger partial charge on any atom is -0.375 e. The van der Waals surface area contributed by atoms with Crippen LogP contribution in [0.4, 0.5) is 5.69 Å². The molecule has 0 aromatic heterocycles. The van der Waals surface area contributed by atoms with Crippen molar-refractivity contribution in [3.63, 3.8) is 0 Å². The van der Waals surface area contributed by atoms with Gasteiger partial charge >= 0.3 is 0 Å². The first-order valence-electron chi connectivity index (χ1n) is 9.49. The number of hydrogen-bond acceptors (Lipinski definition) is 3. The number of benzene rings is 2. The van der Waals surface area contributed by atoms with Gasteiger partial charge < -0.3 is 10.0 Å². The van der Waals surface area contributed by atoms with Crippen LogP contribution >= 0.6 is 15.9 Å². The number of carbonyl (C=O) groups is 2. The molecule has 0 radical (unpaired) electrons. The normalized spacial score (nSPS) is 18.6. The van der Waals surface area contributed by atoms with Crippen molar-refractivity contribution in [2.75, 3.05) is 11.4 Å². The topological polar surface area (TPSA) is 57.6 Å². The molecule has 0 fully saturated rings. The zero-order valence-corrected chi connectivity index (χ0v) is 18.8. The van der Waals surface area contributed by atoms with Gasteiger partial charge in [-0.3, -0.25) is 9.59 Å². The zero-order chi connectivity index (χ0) is 21.0. The molecule has 5 heteroatoms. The molecule has 28 heavy (non-hydrogen) atoms. The lowest BCUT2D eigenvalue weighted by Gasteiger charge is -2.24. The molecule has 1 heterocycles. The molecule has 148 valence electrons. The van der Waals surface area contributed by atoms with Gasteiger partial charge in [0.1, 0.15) is 0 Å². The van der Waals surface area contributed by atoms with Crippen LogP contribution < -0.4 is 4.90 Å². The number of carbonyl (C=O) groups excluding carboxylic acids is 2. The van der Waals surface area contributed by atoms with E-state index in [2.05, 4.69) is 22.9 Å². The largest absolute Gasteiger partial charge is 0.375 e. The van der Waals surface area contributed by atoms with Crippen LogP contribution in [0.15, 0.2) is 22.7 Å². The molecule has 0 saturated heterocycles. The second-order valence-corrected chi connectivity index (χ2v) is 8.59. The monoisotopic (exact) mass is 443 g/mol. The van der Waals surface area contributed by atoms with Crippen molar-refractivity contribution in [3.8, 4) is 0 Å². The van der Waals surface area contributed by atoms with Crippen molar-refractivity contribution >= 4 is 33.3 Å². The Morgan fingerprint density at radius 1 is 1.04 bits per heavy atom. The summed E-state index contributed by atoms with van der Waals surface area (Å²) < 4.78 is 0.761. The smallest absolute Gasteiger partial charge is 0.264 e. The number of nitrogens with zero attached hydrogens (tertiary/aromatic N) is 1. The number of aliphatic hydroxyl groups is 1. The van der Waals surface area contributed by atoms with E-state index in [0.717, 1.165) is 26.7 Å². The fraction of sp³-hybridized carbons (Fsp3) is 0.391. The number of ketones is 1. The van der Waals surface area contributed by atoms with E-state index >= 15 is 0 Å². The van der Waals surface area contributed by atoms with Gasteiger partial charge in [0.25, 0.3) is 5.91 Å². The summed E-state index contributed by atoms with van der Waals surface area (Å²) in [4.78, 5) is 28.0. The van der Waals surface area contributed by atoms with E-state index in [-0.39, 0.29) is 12.2 Å². The number of halogens is 1. The highest BCUT2D eigenvalue weighted by molar-refractivity contribution is 9.10. The fourth-order valence-corrected chi connectivity index (χ4v) is 4.61. The van der Waals surface area contributed by atoms with Gasteiger partial charge in [-0.15, -0.1) is 0 Å². The molecular weight excluding hydrogens is 418 g/mol. The SMILES string of the molecule is CCN1C(=O)[C@@](O)(CC(=O)c2c(C)c(C)c(C)c(C)c2C)c2cc(Br)ccc21. The lowest BCUT2D eigenvalue weighted by atomic mass is 9.82. The number of amides is 1. The Balaban J connectivity index is 2.11. The highest BCUT2D eigenvalue weighted by atomic mass is 79.9. The molecule has 2 aromatic rings. The summed E-state index contributed by atoms with van der Waals surface area (Å²) in [5.41, 5.74) is 5.08. The summed E-state index contributed by atoms with van der Waals surface area (Å²) in [6.07, 6.45) is -0.268. The molecular formula is C23H26BrNO3. The van der Waals surface area contributed by atoms with E-state index in [0.29, 0.717) is 23.4 Å². The van der Waals surface area contributed by atoms with Crippen LogP contribution in [0.3, 0.4) is 0 Å². The Bertz CT molecular complexity index is 982. The first kappa shape index (κ1) is 20.7. The van der Waals surface area contributed by atoms with Gasteiger partial charge in [0.2, 0.25) is 0 Å². The number of Topliss-reactive ketones (excluding diaryl/α,β-unsaturated/α-hetero) is 1. The van der Waals surface area contributed by atoms with Crippen LogP contribution in [0.2, 0.25) is 0 Å². The van der Waals surface area contributed by atoms with Crippen molar-refractivity contribution in [2.45, 2.75) is 53.6 Å². The molecule has 0 saturated carbocycles. The molecule has 4 nitrogen and oxygen atoms in total. The van der Waals surface area contributed by atoms with E-state index in [9.17, 15) is 14.7 Å². The molecule has 3 rings (SSSR count). The zero-order valence-electron chi connectivity index (χ0n) is 17.2. The summed E-state index contributed by atoms with van der Waals surface area (Å²) in [6, 6.07) is 5.38. The first-order chi connectivity index (χ1) is 13.0. The lowest BCUT2D eigenvalue weighted by molar-refractivity contribution is -0.135. The van der Waals surface area contributed by atoms with Crippen LogP contribution in [0, 0.1) is 34.6 Å². The second kappa shape index (κ2) is 7.12. The number of likely N-dealkylation sites (N-methyl/N-ethyl adjacent to an activating group) is 1. The molecule has 1 aliphatic heterocycles. The van der Waals surface area contributed by atoms with Crippen molar-refractivity contribution < 1.29 is 14.7 Å².